The number of aromatic nitrogens is 4. The molecule has 0 amide bonds. The summed E-state index contributed by atoms with van der Waals surface area (Å²) in [7, 11) is 1.92. The predicted octanol–water partition coefficient (Wildman–Crippen LogP) is 4.47. The first-order chi connectivity index (χ1) is 12.6. The van der Waals surface area contributed by atoms with Crippen LogP contribution in [0.4, 0.5) is 17.5 Å². The van der Waals surface area contributed by atoms with Crippen LogP contribution in [0.2, 0.25) is 0 Å². The van der Waals surface area contributed by atoms with E-state index in [1.165, 1.54) is 43.2 Å². The fourth-order valence-corrected chi connectivity index (χ4v) is 3.61. The monoisotopic (exact) mass is 350 g/mol. The lowest BCUT2D eigenvalue weighted by Crippen LogP contribution is -2.23. The topological polar surface area (TPSA) is 67.7 Å². The van der Waals surface area contributed by atoms with Gasteiger partial charge in [0.2, 0.25) is 5.95 Å². The zero-order chi connectivity index (χ0) is 18.1. The molecule has 0 saturated heterocycles. The Labute approximate surface area is 154 Å². The van der Waals surface area contributed by atoms with Crippen LogP contribution in [0, 0.1) is 13.8 Å². The van der Waals surface area contributed by atoms with Gasteiger partial charge in [-0.05, 0) is 43.9 Å². The van der Waals surface area contributed by atoms with E-state index in [0.29, 0.717) is 12.0 Å². The molecule has 136 valence electrons. The minimum atomic E-state index is 0.461. The average Bonchev–Trinajstić information content (AvgIpc) is 3.00. The highest BCUT2D eigenvalue weighted by atomic mass is 15.3. The number of fused-ring (bicyclic) bond motifs is 1. The van der Waals surface area contributed by atoms with Crippen molar-refractivity contribution in [2.75, 3.05) is 10.6 Å². The molecule has 6 heteroatoms. The van der Waals surface area contributed by atoms with Gasteiger partial charge in [0.15, 0.2) is 5.65 Å². The van der Waals surface area contributed by atoms with Crippen molar-refractivity contribution in [3.63, 3.8) is 0 Å². The Bertz CT molecular complexity index is 923. The van der Waals surface area contributed by atoms with Gasteiger partial charge in [-0.25, -0.2) is 0 Å². The lowest BCUT2D eigenvalue weighted by atomic mass is 9.96. The van der Waals surface area contributed by atoms with E-state index in [-0.39, 0.29) is 0 Å². The van der Waals surface area contributed by atoms with Crippen LogP contribution in [0.25, 0.3) is 11.0 Å². The van der Waals surface area contributed by atoms with Crippen molar-refractivity contribution in [2.24, 2.45) is 7.05 Å². The second kappa shape index (κ2) is 6.94. The summed E-state index contributed by atoms with van der Waals surface area (Å²) < 4.78 is 1.80. The number of rotatable bonds is 4. The summed E-state index contributed by atoms with van der Waals surface area (Å²) >= 11 is 0. The lowest BCUT2D eigenvalue weighted by molar-refractivity contribution is 0.461. The molecule has 0 unspecified atom stereocenters. The Kier molecular flexibility index (Phi) is 4.49. The Hall–Kier alpha value is -2.63. The van der Waals surface area contributed by atoms with E-state index in [9.17, 15) is 0 Å². The quantitative estimate of drug-likeness (QED) is 0.727. The van der Waals surface area contributed by atoms with Crippen molar-refractivity contribution < 1.29 is 0 Å². The maximum Gasteiger partial charge on any atom is 0.226 e. The molecule has 1 aliphatic rings. The van der Waals surface area contributed by atoms with Gasteiger partial charge in [0.25, 0.3) is 0 Å². The molecule has 0 radical (unpaired) electrons. The minimum absolute atomic E-state index is 0.461. The Morgan fingerprint density at radius 3 is 2.69 bits per heavy atom. The highest BCUT2D eigenvalue weighted by molar-refractivity contribution is 5.89. The summed E-state index contributed by atoms with van der Waals surface area (Å²) in [6.45, 7) is 4.20. The van der Waals surface area contributed by atoms with Crippen LogP contribution >= 0.6 is 0 Å². The first-order valence-corrected chi connectivity index (χ1v) is 9.41. The Morgan fingerprint density at radius 2 is 1.88 bits per heavy atom. The summed E-state index contributed by atoms with van der Waals surface area (Å²) in [6.07, 6.45) is 8.09. The van der Waals surface area contributed by atoms with Crippen LogP contribution < -0.4 is 10.6 Å². The number of nitrogens with one attached hydrogen (secondary N) is 2. The van der Waals surface area contributed by atoms with Crippen LogP contribution in [-0.2, 0) is 7.05 Å². The Morgan fingerprint density at radius 1 is 1.08 bits per heavy atom. The Balaban J connectivity index is 1.71. The number of aryl methyl sites for hydroxylation is 3. The van der Waals surface area contributed by atoms with Gasteiger partial charge in [0, 0.05) is 18.8 Å². The summed E-state index contributed by atoms with van der Waals surface area (Å²) in [4.78, 5) is 9.50. The third kappa shape index (κ3) is 3.36. The summed E-state index contributed by atoms with van der Waals surface area (Å²) in [5.74, 6) is 1.48. The highest BCUT2D eigenvalue weighted by Crippen LogP contribution is 2.28. The van der Waals surface area contributed by atoms with Crippen LogP contribution in [0.1, 0.15) is 43.2 Å². The molecular weight excluding hydrogens is 324 g/mol. The van der Waals surface area contributed by atoms with Crippen molar-refractivity contribution in [1.29, 1.82) is 0 Å². The van der Waals surface area contributed by atoms with E-state index in [0.717, 1.165) is 22.5 Å². The zero-order valence-corrected chi connectivity index (χ0v) is 15.7. The number of nitrogens with zero attached hydrogens (tertiary/aromatic N) is 4. The molecule has 2 aromatic heterocycles. The van der Waals surface area contributed by atoms with E-state index >= 15 is 0 Å². The van der Waals surface area contributed by atoms with Gasteiger partial charge in [0.05, 0.1) is 11.6 Å². The van der Waals surface area contributed by atoms with Crippen LogP contribution in [0.3, 0.4) is 0 Å². The molecule has 4 rings (SSSR count). The van der Waals surface area contributed by atoms with Crippen molar-refractivity contribution in [3.8, 4) is 0 Å². The van der Waals surface area contributed by atoms with Crippen molar-refractivity contribution in [2.45, 2.75) is 52.0 Å². The molecule has 1 aromatic carbocycles. The zero-order valence-electron chi connectivity index (χ0n) is 15.7. The summed E-state index contributed by atoms with van der Waals surface area (Å²) in [5, 5.41) is 12.3. The van der Waals surface area contributed by atoms with Gasteiger partial charge in [-0.15, -0.1) is 0 Å². The van der Waals surface area contributed by atoms with Gasteiger partial charge < -0.3 is 10.6 Å². The van der Waals surface area contributed by atoms with Gasteiger partial charge in [-0.2, -0.15) is 15.1 Å². The highest BCUT2D eigenvalue weighted by Gasteiger charge is 2.17. The fraction of sp³-hybridized carbons (Fsp3) is 0.450. The normalized spacial score (nSPS) is 15.3. The van der Waals surface area contributed by atoms with Crippen molar-refractivity contribution in [1.82, 2.24) is 19.7 Å². The standard InChI is InChI=1S/C20H26N6/c1-13-9-10-14(2)17(11-13)23-18-16-12-21-26(3)19(16)25-20(24-18)22-15-7-5-4-6-8-15/h9-12,15H,4-8H2,1-3H3,(H2,22,23,24,25). The van der Waals surface area contributed by atoms with E-state index in [2.05, 4.69) is 47.8 Å². The van der Waals surface area contributed by atoms with Crippen molar-refractivity contribution in [3.05, 3.63) is 35.5 Å². The van der Waals surface area contributed by atoms with Crippen molar-refractivity contribution >= 4 is 28.5 Å². The molecule has 0 aliphatic heterocycles. The molecule has 1 saturated carbocycles. The molecule has 6 nitrogen and oxygen atoms in total. The molecular formula is C20H26N6. The average molecular weight is 350 g/mol. The number of benzene rings is 1. The van der Waals surface area contributed by atoms with Gasteiger partial charge in [-0.3, -0.25) is 4.68 Å². The smallest absolute Gasteiger partial charge is 0.226 e. The number of anilines is 3. The van der Waals surface area contributed by atoms with Gasteiger partial charge >= 0.3 is 0 Å². The molecule has 2 N–H and O–H groups in total. The van der Waals surface area contributed by atoms with Gasteiger partial charge in [0.1, 0.15) is 5.82 Å². The summed E-state index contributed by atoms with van der Waals surface area (Å²) in [5.41, 5.74) is 4.31. The molecule has 2 heterocycles. The molecule has 26 heavy (non-hydrogen) atoms. The minimum Gasteiger partial charge on any atom is -0.351 e. The van der Waals surface area contributed by atoms with Crippen LogP contribution in [0.5, 0.6) is 0 Å². The molecule has 0 spiro atoms. The maximum absolute atomic E-state index is 4.79. The van der Waals surface area contributed by atoms with Crippen LogP contribution in [0.15, 0.2) is 24.4 Å². The first kappa shape index (κ1) is 16.8. The molecule has 1 fully saturated rings. The second-order valence-corrected chi connectivity index (χ2v) is 7.32. The van der Waals surface area contributed by atoms with Gasteiger partial charge in [-0.1, -0.05) is 31.4 Å². The van der Waals surface area contributed by atoms with E-state index in [4.69, 9.17) is 9.97 Å². The summed E-state index contributed by atoms with van der Waals surface area (Å²) in [6, 6.07) is 6.85. The maximum atomic E-state index is 4.79. The lowest BCUT2D eigenvalue weighted by Gasteiger charge is -2.23. The molecule has 0 atom stereocenters. The largest absolute Gasteiger partial charge is 0.351 e. The molecule has 1 aliphatic carbocycles. The predicted molar refractivity (Wildman–Crippen MR) is 106 cm³/mol. The molecule has 0 bridgehead atoms. The third-order valence-corrected chi connectivity index (χ3v) is 5.18. The number of hydrogen-bond donors (Lipinski definition) is 2. The second-order valence-electron chi connectivity index (χ2n) is 7.32. The van der Waals surface area contributed by atoms with E-state index in [1.54, 1.807) is 4.68 Å². The first-order valence-electron chi connectivity index (χ1n) is 9.41. The van der Waals surface area contributed by atoms with Crippen LogP contribution in [-0.4, -0.2) is 25.8 Å². The third-order valence-electron chi connectivity index (χ3n) is 5.18. The van der Waals surface area contributed by atoms with E-state index < -0.39 is 0 Å². The molecule has 3 aromatic rings. The SMILES string of the molecule is Cc1ccc(C)c(Nc2nc(NC3CCCCC3)nc3c2cnn3C)c1. The fourth-order valence-electron chi connectivity index (χ4n) is 3.61. The number of hydrogen-bond acceptors (Lipinski definition) is 5. The van der Waals surface area contributed by atoms with E-state index in [1.807, 2.05) is 13.2 Å².